The number of hydrogen-bond donors (Lipinski definition) is 2. The predicted octanol–water partition coefficient (Wildman–Crippen LogP) is 1.09. The lowest BCUT2D eigenvalue weighted by atomic mass is 10.2. The van der Waals surface area contributed by atoms with E-state index < -0.39 is 0 Å². The largest absolute Gasteiger partial charge is 0.372 e. The summed E-state index contributed by atoms with van der Waals surface area (Å²) in [6.45, 7) is 2.10. The summed E-state index contributed by atoms with van der Waals surface area (Å²) in [7, 11) is 1.78. The quantitative estimate of drug-likeness (QED) is 0.851. The standard InChI is InChI=1S/C14H20N4O/c1-15-13-12(3-2-7-16-13)14(19)17-10-6-8-18(9-10)11-4-5-11/h2-3,7,10-11H,4-6,8-9H2,1H3,(H,15,16)(H,17,19). The number of carbonyl (C=O) groups excluding carboxylic acids is 1. The van der Waals surface area contributed by atoms with Crippen molar-refractivity contribution in [2.45, 2.75) is 31.3 Å². The van der Waals surface area contributed by atoms with Gasteiger partial charge in [0, 0.05) is 38.4 Å². The second-order valence-corrected chi connectivity index (χ2v) is 5.33. The third kappa shape index (κ3) is 2.71. The van der Waals surface area contributed by atoms with Crippen LogP contribution in [0.5, 0.6) is 0 Å². The number of carbonyl (C=O) groups is 1. The molecule has 2 aliphatic rings. The van der Waals surface area contributed by atoms with Crippen molar-refractivity contribution < 1.29 is 4.79 Å². The molecule has 19 heavy (non-hydrogen) atoms. The van der Waals surface area contributed by atoms with E-state index in [4.69, 9.17) is 0 Å². The van der Waals surface area contributed by atoms with Crippen LogP contribution in [0.2, 0.25) is 0 Å². The number of nitrogens with zero attached hydrogens (tertiary/aromatic N) is 2. The third-order valence-corrected chi connectivity index (χ3v) is 3.91. The molecular weight excluding hydrogens is 240 g/mol. The average Bonchev–Trinajstić information content (AvgIpc) is 3.19. The van der Waals surface area contributed by atoms with Gasteiger partial charge in [0.15, 0.2) is 0 Å². The van der Waals surface area contributed by atoms with Gasteiger partial charge in [-0.05, 0) is 31.4 Å². The lowest BCUT2D eigenvalue weighted by molar-refractivity contribution is 0.0938. The summed E-state index contributed by atoms with van der Waals surface area (Å²) in [4.78, 5) is 18.9. The molecule has 0 bridgehead atoms. The summed E-state index contributed by atoms with van der Waals surface area (Å²) in [5.41, 5.74) is 0.620. The normalized spacial score (nSPS) is 23.3. The molecule has 0 spiro atoms. The van der Waals surface area contributed by atoms with Crippen molar-refractivity contribution in [1.82, 2.24) is 15.2 Å². The van der Waals surface area contributed by atoms with Crippen LogP contribution >= 0.6 is 0 Å². The van der Waals surface area contributed by atoms with E-state index in [0.717, 1.165) is 25.6 Å². The summed E-state index contributed by atoms with van der Waals surface area (Å²) >= 11 is 0. The van der Waals surface area contributed by atoms with Gasteiger partial charge in [0.25, 0.3) is 5.91 Å². The molecule has 0 radical (unpaired) electrons. The van der Waals surface area contributed by atoms with Crippen molar-refractivity contribution in [3.63, 3.8) is 0 Å². The van der Waals surface area contributed by atoms with Crippen LogP contribution < -0.4 is 10.6 Å². The number of pyridine rings is 1. The van der Waals surface area contributed by atoms with Crippen molar-refractivity contribution in [2.75, 3.05) is 25.5 Å². The van der Waals surface area contributed by atoms with Crippen LogP contribution in [0, 0.1) is 0 Å². The highest BCUT2D eigenvalue weighted by atomic mass is 16.1. The van der Waals surface area contributed by atoms with Gasteiger partial charge in [0.2, 0.25) is 0 Å². The van der Waals surface area contributed by atoms with E-state index in [0.29, 0.717) is 11.4 Å². The van der Waals surface area contributed by atoms with Gasteiger partial charge in [-0.15, -0.1) is 0 Å². The van der Waals surface area contributed by atoms with Gasteiger partial charge >= 0.3 is 0 Å². The Kier molecular flexibility index (Phi) is 3.38. The molecule has 1 aromatic rings. The molecule has 102 valence electrons. The molecule has 1 saturated heterocycles. The van der Waals surface area contributed by atoms with E-state index in [1.165, 1.54) is 12.8 Å². The molecule has 1 aliphatic heterocycles. The Labute approximate surface area is 113 Å². The van der Waals surface area contributed by atoms with Gasteiger partial charge in [-0.1, -0.05) is 0 Å². The molecule has 1 amide bonds. The van der Waals surface area contributed by atoms with E-state index in [-0.39, 0.29) is 11.9 Å². The highest BCUT2D eigenvalue weighted by molar-refractivity contribution is 5.98. The molecule has 2 heterocycles. The molecule has 1 unspecified atom stereocenters. The highest BCUT2D eigenvalue weighted by Crippen LogP contribution is 2.29. The van der Waals surface area contributed by atoms with E-state index in [9.17, 15) is 4.79 Å². The molecule has 0 aromatic carbocycles. The lowest BCUT2D eigenvalue weighted by Crippen LogP contribution is -2.37. The Morgan fingerprint density at radius 2 is 2.26 bits per heavy atom. The number of amides is 1. The molecular formula is C14H20N4O. The number of likely N-dealkylation sites (tertiary alicyclic amines) is 1. The van der Waals surface area contributed by atoms with E-state index in [2.05, 4.69) is 20.5 Å². The maximum atomic E-state index is 12.3. The number of anilines is 1. The fourth-order valence-corrected chi connectivity index (χ4v) is 2.73. The van der Waals surface area contributed by atoms with Crippen molar-refractivity contribution in [1.29, 1.82) is 0 Å². The van der Waals surface area contributed by atoms with Crippen molar-refractivity contribution in [3.8, 4) is 0 Å². The lowest BCUT2D eigenvalue weighted by Gasteiger charge is -2.16. The van der Waals surface area contributed by atoms with Crippen molar-refractivity contribution in [3.05, 3.63) is 23.9 Å². The molecule has 3 rings (SSSR count). The van der Waals surface area contributed by atoms with Gasteiger partial charge in [0.05, 0.1) is 5.56 Å². The van der Waals surface area contributed by atoms with Crippen LogP contribution in [-0.4, -0.2) is 48.0 Å². The topological polar surface area (TPSA) is 57.3 Å². The third-order valence-electron chi connectivity index (χ3n) is 3.91. The van der Waals surface area contributed by atoms with E-state index in [1.54, 1.807) is 19.3 Å². The van der Waals surface area contributed by atoms with Crippen LogP contribution in [-0.2, 0) is 0 Å². The molecule has 1 aromatic heterocycles. The molecule has 5 nitrogen and oxygen atoms in total. The Hall–Kier alpha value is -1.62. The van der Waals surface area contributed by atoms with Crippen molar-refractivity contribution >= 4 is 11.7 Å². The predicted molar refractivity (Wildman–Crippen MR) is 74.2 cm³/mol. The van der Waals surface area contributed by atoms with Crippen LogP contribution in [0.4, 0.5) is 5.82 Å². The minimum Gasteiger partial charge on any atom is -0.372 e. The van der Waals surface area contributed by atoms with Crippen molar-refractivity contribution in [2.24, 2.45) is 0 Å². The van der Waals surface area contributed by atoms with Gasteiger partial charge in [-0.3, -0.25) is 9.69 Å². The molecule has 1 atom stereocenters. The van der Waals surface area contributed by atoms with Gasteiger partial charge in [-0.2, -0.15) is 0 Å². The van der Waals surface area contributed by atoms with Crippen LogP contribution in [0.1, 0.15) is 29.6 Å². The second-order valence-electron chi connectivity index (χ2n) is 5.33. The zero-order valence-electron chi connectivity index (χ0n) is 11.2. The fraction of sp³-hybridized carbons (Fsp3) is 0.571. The number of nitrogens with one attached hydrogen (secondary N) is 2. The second kappa shape index (κ2) is 5.17. The molecule has 2 fully saturated rings. The maximum Gasteiger partial charge on any atom is 0.255 e. The fourth-order valence-electron chi connectivity index (χ4n) is 2.73. The van der Waals surface area contributed by atoms with Crippen LogP contribution in [0.25, 0.3) is 0 Å². The average molecular weight is 260 g/mol. The first-order valence-electron chi connectivity index (χ1n) is 6.95. The monoisotopic (exact) mass is 260 g/mol. The first-order chi connectivity index (χ1) is 9.28. The van der Waals surface area contributed by atoms with Crippen LogP contribution in [0.15, 0.2) is 18.3 Å². The smallest absolute Gasteiger partial charge is 0.255 e. The Morgan fingerprint density at radius 1 is 1.42 bits per heavy atom. The summed E-state index contributed by atoms with van der Waals surface area (Å²) in [5.74, 6) is 0.608. The van der Waals surface area contributed by atoms with Gasteiger partial charge < -0.3 is 10.6 Å². The van der Waals surface area contributed by atoms with E-state index in [1.807, 2.05) is 6.07 Å². The number of rotatable bonds is 4. The SMILES string of the molecule is CNc1ncccc1C(=O)NC1CCN(C2CC2)C1. The molecule has 1 saturated carbocycles. The Balaban J connectivity index is 1.61. The minimum absolute atomic E-state index is 0.0277. The zero-order valence-corrected chi connectivity index (χ0v) is 11.2. The van der Waals surface area contributed by atoms with E-state index >= 15 is 0 Å². The minimum atomic E-state index is -0.0277. The first kappa shape index (κ1) is 12.4. The molecule has 2 N–H and O–H groups in total. The summed E-state index contributed by atoms with van der Waals surface area (Å²) in [6, 6.07) is 4.66. The number of aromatic nitrogens is 1. The Morgan fingerprint density at radius 3 is 3.00 bits per heavy atom. The molecule has 1 aliphatic carbocycles. The summed E-state index contributed by atoms with van der Waals surface area (Å²) < 4.78 is 0. The zero-order chi connectivity index (χ0) is 13.2. The Bertz CT molecular complexity index is 472. The summed E-state index contributed by atoms with van der Waals surface area (Å²) in [5, 5.41) is 6.08. The maximum absolute atomic E-state index is 12.3. The van der Waals surface area contributed by atoms with Crippen LogP contribution in [0.3, 0.4) is 0 Å². The highest BCUT2D eigenvalue weighted by Gasteiger charge is 2.34. The molecule has 5 heteroatoms. The first-order valence-corrected chi connectivity index (χ1v) is 6.95. The van der Waals surface area contributed by atoms with Gasteiger partial charge in [0.1, 0.15) is 5.82 Å². The summed E-state index contributed by atoms with van der Waals surface area (Å²) in [6.07, 6.45) is 5.39. The van der Waals surface area contributed by atoms with Gasteiger partial charge in [-0.25, -0.2) is 4.98 Å². The number of hydrogen-bond acceptors (Lipinski definition) is 4.